The largest absolute Gasteiger partial charge is 0.492 e. The summed E-state index contributed by atoms with van der Waals surface area (Å²) in [5, 5.41) is 4.24. The number of hydrogen-bond acceptors (Lipinski definition) is 2. The van der Waals surface area contributed by atoms with Crippen LogP contribution in [0.4, 0.5) is 0 Å². The first-order chi connectivity index (χ1) is 11.8. The smallest absolute Gasteiger partial charge is 0.220 e. The Hall–Kier alpha value is -0.930. The van der Waals surface area contributed by atoms with Crippen molar-refractivity contribution in [2.75, 3.05) is 6.61 Å². The van der Waals surface area contributed by atoms with Crippen LogP contribution < -0.4 is 10.1 Å². The summed E-state index contributed by atoms with van der Waals surface area (Å²) in [6, 6.07) is 5.47. The van der Waals surface area contributed by atoms with Gasteiger partial charge in [-0.2, -0.15) is 0 Å². The molecule has 1 aliphatic rings. The summed E-state index contributed by atoms with van der Waals surface area (Å²) in [5.74, 6) is 1.48. The summed E-state index contributed by atoms with van der Waals surface area (Å²) in [5.41, 5.74) is 0.370. The molecule has 1 fully saturated rings. The average Bonchev–Trinajstić information content (AvgIpc) is 2.53. The maximum atomic E-state index is 12.1. The minimum absolute atomic E-state index is 0.116. The lowest BCUT2D eigenvalue weighted by Crippen LogP contribution is -2.39. The fourth-order valence-electron chi connectivity index (χ4n) is 3.41. The molecule has 5 heteroatoms. The topological polar surface area (TPSA) is 38.3 Å². The third-order valence-corrected chi connectivity index (χ3v) is 5.55. The second-order valence-corrected chi connectivity index (χ2v) is 8.85. The molecule has 0 spiro atoms. The number of nitrogens with one attached hydrogen (secondary N) is 1. The quantitative estimate of drug-likeness (QED) is 0.621. The first kappa shape index (κ1) is 20.4. The van der Waals surface area contributed by atoms with Crippen molar-refractivity contribution in [1.82, 2.24) is 5.32 Å². The predicted molar refractivity (Wildman–Crippen MR) is 105 cm³/mol. The van der Waals surface area contributed by atoms with E-state index in [-0.39, 0.29) is 5.91 Å². The van der Waals surface area contributed by atoms with Gasteiger partial charge in [-0.1, -0.05) is 44.0 Å². The molecule has 25 heavy (non-hydrogen) atoms. The van der Waals surface area contributed by atoms with Gasteiger partial charge in [0.05, 0.1) is 11.6 Å². The van der Waals surface area contributed by atoms with Crippen LogP contribution in [-0.4, -0.2) is 18.6 Å². The van der Waals surface area contributed by atoms with Gasteiger partial charge in [0.15, 0.2) is 0 Å². The molecular weight excluding hydrogens is 357 g/mol. The number of hydrogen-bond donors (Lipinski definition) is 1. The number of rotatable bonds is 6. The molecule has 1 amide bonds. The van der Waals surface area contributed by atoms with Gasteiger partial charge < -0.3 is 10.1 Å². The SMILES string of the molecule is CC(C)(C)C1CCC(NC(=O)CCCOc2ccc(Cl)cc2Cl)CC1. The third-order valence-electron chi connectivity index (χ3n) is 5.02. The standard InChI is InChI=1S/C20H29Cl2NO2/c1-20(2,3)14-6-9-16(10-7-14)23-19(24)5-4-12-25-18-11-8-15(21)13-17(18)22/h8,11,13-14,16H,4-7,9-10,12H2,1-3H3,(H,23,24). The molecule has 140 valence electrons. The zero-order valence-electron chi connectivity index (χ0n) is 15.4. The molecule has 0 aromatic heterocycles. The van der Waals surface area contributed by atoms with Gasteiger partial charge in [0.1, 0.15) is 5.75 Å². The Labute approximate surface area is 161 Å². The van der Waals surface area contributed by atoms with E-state index >= 15 is 0 Å². The van der Waals surface area contributed by atoms with Crippen LogP contribution in [0.1, 0.15) is 59.3 Å². The fraction of sp³-hybridized carbons (Fsp3) is 0.650. The van der Waals surface area contributed by atoms with Gasteiger partial charge in [0.25, 0.3) is 0 Å². The van der Waals surface area contributed by atoms with Crippen molar-refractivity contribution in [1.29, 1.82) is 0 Å². The molecule has 0 bridgehead atoms. The Balaban J connectivity index is 1.63. The second kappa shape index (κ2) is 9.14. The molecular formula is C20H29Cl2NO2. The Morgan fingerprint density at radius 3 is 2.48 bits per heavy atom. The van der Waals surface area contributed by atoms with Crippen molar-refractivity contribution >= 4 is 29.1 Å². The van der Waals surface area contributed by atoms with Crippen molar-refractivity contribution in [3.8, 4) is 5.75 Å². The Kier molecular flexibility index (Phi) is 7.45. The van der Waals surface area contributed by atoms with E-state index in [4.69, 9.17) is 27.9 Å². The van der Waals surface area contributed by atoms with E-state index in [0.29, 0.717) is 46.7 Å². The molecule has 0 aliphatic heterocycles. The van der Waals surface area contributed by atoms with E-state index in [2.05, 4.69) is 26.1 Å². The summed E-state index contributed by atoms with van der Waals surface area (Å²) in [4.78, 5) is 12.1. The fourth-order valence-corrected chi connectivity index (χ4v) is 3.87. The van der Waals surface area contributed by atoms with Gasteiger partial charge in [-0.25, -0.2) is 0 Å². The minimum Gasteiger partial charge on any atom is -0.492 e. The highest BCUT2D eigenvalue weighted by Crippen LogP contribution is 2.37. The molecule has 1 aromatic carbocycles. The molecule has 3 nitrogen and oxygen atoms in total. The van der Waals surface area contributed by atoms with Gasteiger partial charge in [-0.15, -0.1) is 0 Å². The van der Waals surface area contributed by atoms with Gasteiger partial charge in [-0.05, 0) is 61.6 Å². The third kappa shape index (κ3) is 6.71. The van der Waals surface area contributed by atoms with Crippen LogP contribution in [0.3, 0.4) is 0 Å². The molecule has 0 atom stereocenters. The second-order valence-electron chi connectivity index (χ2n) is 8.01. The normalized spacial score (nSPS) is 21.0. The van der Waals surface area contributed by atoms with E-state index < -0.39 is 0 Å². The summed E-state index contributed by atoms with van der Waals surface area (Å²) in [6.45, 7) is 7.39. The predicted octanol–water partition coefficient (Wildman–Crippen LogP) is 5.87. The maximum Gasteiger partial charge on any atom is 0.220 e. The van der Waals surface area contributed by atoms with Crippen LogP contribution in [0, 0.1) is 11.3 Å². The summed E-state index contributed by atoms with van der Waals surface area (Å²) < 4.78 is 5.61. The lowest BCUT2D eigenvalue weighted by atomic mass is 9.71. The first-order valence-electron chi connectivity index (χ1n) is 9.13. The Morgan fingerprint density at radius 1 is 1.20 bits per heavy atom. The number of ether oxygens (including phenoxy) is 1. The molecule has 1 aromatic rings. The highest BCUT2D eigenvalue weighted by Gasteiger charge is 2.30. The number of benzene rings is 1. The van der Waals surface area contributed by atoms with Crippen LogP contribution >= 0.6 is 23.2 Å². The monoisotopic (exact) mass is 385 g/mol. The van der Waals surface area contributed by atoms with Crippen molar-refractivity contribution in [2.45, 2.75) is 65.3 Å². The molecule has 0 unspecified atom stereocenters. The van der Waals surface area contributed by atoms with Crippen molar-refractivity contribution in [3.05, 3.63) is 28.2 Å². The number of carbonyl (C=O) groups excluding carboxylic acids is 1. The van der Waals surface area contributed by atoms with Crippen molar-refractivity contribution < 1.29 is 9.53 Å². The summed E-state index contributed by atoms with van der Waals surface area (Å²) >= 11 is 11.9. The van der Waals surface area contributed by atoms with Crippen LogP contribution in [0.2, 0.25) is 10.0 Å². The van der Waals surface area contributed by atoms with E-state index in [0.717, 1.165) is 18.8 Å². The molecule has 0 saturated heterocycles. The first-order valence-corrected chi connectivity index (χ1v) is 9.88. The number of carbonyl (C=O) groups is 1. The highest BCUT2D eigenvalue weighted by atomic mass is 35.5. The number of amides is 1. The van der Waals surface area contributed by atoms with Gasteiger partial charge in [0, 0.05) is 17.5 Å². The van der Waals surface area contributed by atoms with Crippen LogP contribution in [0.15, 0.2) is 18.2 Å². The van der Waals surface area contributed by atoms with Crippen LogP contribution in [0.25, 0.3) is 0 Å². The van der Waals surface area contributed by atoms with E-state index in [1.54, 1.807) is 18.2 Å². The van der Waals surface area contributed by atoms with E-state index in [1.807, 2.05) is 0 Å². The minimum atomic E-state index is 0.116. The van der Waals surface area contributed by atoms with Crippen LogP contribution in [-0.2, 0) is 4.79 Å². The summed E-state index contributed by atoms with van der Waals surface area (Å²) in [6.07, 6.45) is 5.72. The summed E-state index contributed by atoms with van der Waals surface area (Å²) in [7, 11) is 0. The zero-order valence-corrected chi connectivity index (χ0v) is 16.9. The van der Waals surface area contributed by atoms with Gasteiger partial charge in [0.2, 0.25) is 5.91 Å². The Morgan fingerprint density at radius 2 is 1.88 bits per heavy atom. The van der Waals surface area contributed by atoms with Crippen molar-refractivity contribution in [3.63, 3.8) is 0 Å². The maximum absolute atomic E-state index is 12.1. The average molecular weight is 386 g/mol. The molecule has 1 saturated carbocycles. The van der Waals surface area contributed by atoms with Crippen LogP contribution in [0.5, 0.6) is 5.75 Å². The van der Waals surface area contributed by atoms with E-state index in [1.165, 1.54) is 12.8 Å². The number of halogens is 2. The molecule has 0 radical (unpaired) electrons. The van der Waals surface area contributed by atoms with Gasteiger partial charge in [-0.3, -0.25) is 4.79 Å². The lowest BCUT2D eigenvalue weighted by molar-refractivity contribution is -0.122. The van der Waals surface area contributed by atoms with Crippen molar-refractivity contribution in [2.24, 2.45) is 11.3 Å². The lowest BCUT2D eigenvalue weighted by Gasteiger charge is -2.37. The highest BCUT2D eigenvalue weighted by molar-refractivity contribution is 6.35. The zero-order chi connectivity index (χ0) is 18.4. The molecule has 2 rings (SSSR count). The van der Waals surface area contributed by atoms with Gasteiger partial charge >= 0.3 is 0 Å². The Bertz CT molecular complexity index is 576. The molecule has 1 N–H and O–H groups in total. The molecule has 0 heterocycles. The van der Waals surface area contributed by atoms with E-state index in [9.17, 15) is 4.79 Å². The molecule has 1 aliphatic carbocycles.